The van der Waals surface area contributed by atoms with Crippen LogP contribution in [0.4, 0.5) is 5.69 Å². The first-order valence-corrected chi connectivity index (χ1v) is 8.52. The molecule has 0 amide bonds. The zero-order chi connectivity index (χ0) is 18.4. The number of nitroso groups, excluding NO2 is 1. The van der Waals surface area contributed by atoms with Crippen LogP contribution in [0.2, 0.25) is 0 Å². The SMILES string of the molecule is CC(C)=CCn1c(C)nc2c(N=O)c3cc4ccccc4cc3c(O)c21. The summed E-state index contributed by atoms with van der Waals surface area (Å²) in [7, 11) is 0. The quantitative estimate of drug-likeness (QED) is 0.293. The molecule has 0 spiro atoms. The Kier molecular flexibility index (Phi) is 3.72. The van der Waals surface area contributed by atoms with E-state index in [0.717, 1.165) is 16.6 Å². The molecule has 0 saturated heterocycles. The minimum atomic E-state index is 0.135. The molecule has 130 valence electrons. The molecule has 26 heavy (non-hydrogen) atoms. The fraction of sp³-hybridized carbons (Fsp3) is 0.190. The largest absolute Gasteiger partial charge is 0.505 e. The predicted octanol–water partition coefficient (Wildman–Crippen LogP) is 5.72. The van der Waals surface area contributed by atoms with E-state index < -0.39 is 0 Å². The second-order valence-corrected chi connectivity index (χ2v) is 6.78. The number of hydrogen-bond acceptors (Lipinski definition) is 4. The number of rotatable bonds is 3. The molecule has 1 heterocycles. The van der Waals surface area contributed by atoms with Gasteiger partial charge in [-0.15, -0.1) is 4.91 Å². The van der Waals surface area contributed by atoms with Crippen molar-refractivity contribution in [2.45, 2.75) is 27.3 Å². The zero-order valence-corrected chi connectivity index (χ0v) is 14.9. The minimum absolute atomic E-state index is 0.135. The van der Waals surface area contributed by atoms with Crippen molar-refractivity contribution >= 4 is 38.3 Å². The molecule has 0 unspecified atom stereocenters. The summed E-state index contributed by atoms with van der Waals surface area (Å²) in [5.41, 5.74) is 2.45. The van der Waals surface area contributed by atoms with E-state index in [9.17, 15) is 10.0 Å². The fourth-order valence-electron chi connectivity index (χ4n) is 3.45. The molecular weight excluding hydrogens is 326 g/mol. The first-order valence-electron chi connectivity index (χ1n) is 8.52. The maximum Gasteiger partial charge on any atom is 0.149 e. The van der Waals surface area contributed by atoms with Crippen LogP contribution in [0.1, 0.15) is 19.7 Å². The van der Waals surface area contributed by atoms with Crippen molar-refractivity contribution in [3.8, 4) is 5.75 Å². The number of phenols is 1. The molecule has 0 aliphatic rings. The third-order valence-corrected chi connectivity index (χ3v) is 4.78. The third-order valence-electron chi connectivity index (χ3n) is 4.78. The fourth-order valence-corrected chi connectivity index (χ4v) is 3.45. The van der Waals surface area contributed by atoms with E-state index in [2.05, 4.69) is 16.2 Å². The molecule has 0 bridgehead atoms. The summed E-state index contributed by atoms with van der Waals surface area (Å²) in [5, 5.41) is 17.5. The van der Waals surface area contributed by atoms with Gasteiger partial charge in [-0.2, -0.15) is 0 Å². The highest BCUT2D eigenvalue weighted by Crippen LogP contribution is 2.43. The van der Waals surface area contributed by atoms with E-state index in [1.807, 2.05) is 61.7 Å². The van der Waals surface area contributed by atoms with Gasteiger partial charge in [-0.25, -0.2) is 4.98 Å². The van der Waals surface area contributed by atoms with Gasteiger partial charge in [0.2, 0.25) is 0 Å². The zero-order valence-electron chi connectivity index (χ0n) is 14.9. The summed E-state index contributed by atoms with van der Waals surface area (Å²) < 4.78 is 1.92. The summed E-state index contributed by atoms with van der Waals surface area (Å²) >= 11 is 0. The van der Waals surface area contributed by atoms with Crippen molar-refractivity contribution in [3.05, 3.63) is 58.8 Å². The first-order chi connectivity index (χ1) is 12.5. The van der Waals surface area contributed by atoms with Crippen LogP contribution in [-0.4, -0.2) is 14.7 Å². The number of aromatic nitrogens is 2. The molecule has 3 aromatic carbocycles. The van der Waals surface area contributed by atoms with E-state index in [1.165, 1.54) is 5.57 Å². The lowest BCUT2D eigenvalue weighted by atomic mass is 10.0. The van der Waals surface area contributed by atoms with E-state index in [0.29, 0.717) is 28.4 Å². The van der Waals surface area contributed by atoms with Gasteiger partial charge in [0.15, 0.2) is 0 Å². The molecule has 5 heteroatoms. The van der Waals surface area contributed by atoms with Gasteiger partial charge in [0.1, 0.15) is 28.3 Å². The molecule has 1 N–H and O–H groups in total. The van der Waals surface area contributed by atoms with Crippen molar-refractivity contribution in [2.24, 2.45) is 5.18 Å². The first kappa shape index (κ1) is 16.3. The smallest absolute Gasteiger partial charge is 0.149 e. The number of nitrogens with zero attached hydrogens (tertiary/aromatic N) is 3. The highest BCUT2D eigenvalue weighted by Gasteiger charge is 2.21. The normalized spacial score (nSPS) is 11.3. The monoisotopic (exact) mass is 345 g/mol. The Bertz CT molecular complexity index is 1210. The second-order valence-electron chi connectivity index (χ2n) is 6.78. The number of benzene rings is 3. The van der Waals surface area contributed by atoms with Crippen molar-refractivity contribution in [3.63, 3.8) is 0 Å². The Morgan fingerprint density at radius 3 is 2.46 bits per heavy atom. The minimum Gasteiger partial charge on any atom is -0.505 e. The van der Waals surface area contributed by atoms with Gasteiger partial charge in [0, 0.05) is 17.3 Å². The van der Waals surface area contributed by atoms with Crippen LogP contribution in [0.5, 0.6) is 5.75 Å². The van der Waals surface area contributed by atoms with Gasteiger partial charge < -0.3 is 9.67 Å². The maximum absolute atomic E-state index is 11.7. The Labute approximate surface area is 150 Å². The molecular formula is C21H19N3O2. The van der Waals surface area contributed by atoms with Crippen molar-refractivity contribution < 1.29 is 5.11 Å². The van der Waals surface area contributed by atoms with Crippen LogP contribution >= 0.6 is 0 Å². The van der Waals surface area contributed by atoms with Crippen molar-refractivity contribution in [2.75, 3.05) is 0 Å². The van der Waals surface area contributed by atoms with Gasteiger partial charge in [-0.05, 0) is 48.9 Å². The Hall–Kier alpha value is -3.21. The van der Waals surface area contributed by atoms with Crippen LogP contribution in [-0.2, 0) is 6.54 Å². The van der Waals surface area contributed by atoms with E-state index in [4.69, 9.17) is 0 Å². The lowest BCUT2D eigenvalue weighted by Gasteiger charge is -2.10. The average molecular weight is 345 g/mol. The number of aromatic hydroxyl groups is 1. The summed E-state index contributed by atoms with van der Waals surface area (Å²) in [6.45, 7) is 6.49. The van der Waals surface area contributed by atoms with E-state index in [-0.39, 0.29) is 11.4 Å². The van der Waals surface area contributed by atoms with E-state index >= 15 is 0 Å². The van der Waals surface area contributed by atoms with Crippen molar-refractivity contribution in [1.82, 2.24) is 9.55 Å². The summed E-state index contributed by atoms with van der Waals surface area (Å²) in [6.07, 6.45) is 2.06. The van der Waals surface area contributed by atoms with Crippen LogP contribution < -0.4 is 0 Å². The molecule has 0 radical (unpaired) electrons. The lowest BCUT2D eigenvalue weighted by molar-refractivity contribution is 0.484. The molecule has 0 aliphatic carbocycles. The Morgan fingerprint density at radius 2 is 1.85 bits per heavy atom. The Balaban J connectivity index is 2.17. The maximum atomic E-state index is 11.7. The molecule has 0 saturated carbocycles. The molecule has 0 aliphatic heterocycles. The standard InChI is InChI=1S/C21H19N3O2/c1-12(2)8-9-24-13(3)22-19-18(23-26)16-10-14-6-4-5-7-15(14)11-17(16)21(25)20(19)24/h4-8,10-11,25H,9H2,1-3H3. The highest BCUT2D eigenvalue weighted by molar-refractivity contribution is 6.15. The van der Waals surface area contributed by atoms with Gasteiger partial charge in [-0.1, -0.05) is 35.9 Å². The molecule has 4 aromatic rings. The lowest BCUT2D eigenvalue weighted by Crippen LogP contribution is -1.98. The van der Waals surface area contributed by atoms with E-state index in [1.54, 1.807) is 0 Å². The molecule has 5 nitrogen and oxygen atoms in total. The van der Waals surface area contributed by atoms with Gasteiger partial charge >= 0.3 is 0 Å². The molecule has 0 atom stereocenters. The van der Waals surface area contributed by atoms with Crippen LogP contribution in [0, 0.1) is 11.8 Å². The second kappa shape index (κ2) is 5.95. The highest BCUT2D eigenvalue weighted by atomic mass is 16.3. The van der Waals surface area contributed by atoms with Gasteiger partial charge in [-0.3, -0.25) is 0 Å². The third kappa shape index (κ3) is 2.36. The van der Waals surface area contributed by atoms with Crippen molar-refractivity contribution in [1.29, 1.82) is 0 Å². The number of hydrogen-bond donors (Lipinski definition) is 1. The predicted molar refractivity (Wildman–Crippen MR) is 106 cm³/mol. The number of fused-ring (bicyclic) bond motifs is 3. The average Bonchev–Trinajstić information content (AvgIpc) is 2.95. The molecule has 4 rings (SSSR count). The van der Waals surface area contributed by atoms with Crippen LogP contribution in [0.3, 0.4) is 0 Å². The summed E-state index contributed by atoms with van der Waals surface area (Å²) in [6, 6.07) is 11.7. The number of aryl methyl sites for hydroxylation is 1. The van der Waals surface area contributed by atoms with Crippen LogP contribution in [0.15, 0.2) is 53.2 Å². The molecule has 1 aromatic heterocycles. The van der Waals surface area contributed by atoms with Crippen LogP contribution in [0.25, 0.3) is 32.6 Å². The summed E-state index contributed by atoms with van der Waals surface area (Å²) in [5.74, 6) is 0.869. The van der Waals surface area contributed by atoms with Gasteiger partial charge in [0.05, 0.1) is 0 Å². The number of phenolic OH excluding ortho intramolecular Hbond substituents is 1. The summed E-state index contributed by atoms with van der Waals surface area (Å²) in [4.78, 5) is 16.2. The number of imidazole rings is 1. The number of allylic oxidation sites excluding steroid dienone is 2. The molecule has 0 fully saturated rings. The topological polar surface area (TPSA) is 67.5 Å². The van der Waals surface area contributed by atoms with Gasteiger partial charge in [0.25, 0.3) is 0 Å². The Morgan fingerprint density at radius 1 is 1.19 bits per heavy atom.